The number of hydrogen-bond acceptors (Lipinski definition) is 5. The quantitative estimate of drug-likeness (QED) is 0.915. The smallest absolute Gasteiger partial charge is 0.336 e. The van der Waals surface area contributed by atoms with Crippen LogP contribution in [0, 0.1) is 0 Å². The number of carbonyl (C=O) groups is 1. The van der Waals surface area contributed by atoms with Crippen molar-refractivity contribution in [3.63, 3.8) is 0 Å². The zero-order chi connectivity index (χ0) is 13.1. The first-order chi connectivity index (χ1) is 8.60. The van der Waals surface area contributed by atoms with Gasteiger partial charge in [-0.05, 0) is 13.0 Å². The maximum absolute atomic E-state index is 10.8. The molecule has 0 radical (unpaired) electrons. The van der Waals surface area contributed by atoms with Gasteiger partial charge in [-0.25, -0.2) is 9.78 Å². The van der Waals surface area contributed by atoms with E-state index in [0.717, 1.165) is 22.0 Å². The van der Waals surface area contributed by atoms with Crippen molar-refractivity contribution in [3.8, 4) is 10.6 Å². The summed E-state index contributed by atoms with van der Waals surface area (Å²) in [4.78, 5) is 16.2. The first-order valence-corrected chi connectivity index (χ1v) is 7.15. The van der Waals surface area contributed by atoms with Crippen LogP contribution in [-0.4, -0.2) is 29.3 Å². The van der Waals surface area contributed by atoms with Crippen molar-refractivity contribution in [1.29, 1.82) is 0 Å². The van der Waals surface area contributed by atoms with E-state index in [2.05, 4.69) is 4.98 Å². The van der Waals surface area contributed by atoms with Gasteiger partial charge in [0.15, 0.2) is 0 Å². The third-order valence-electron chi connectivity index (χ3n) is 2.52. The van der Waals surface area contributed by atoms with Crippen LogP contribution < -0.4 is 0 Å². The number of rotatable bonds is 5. The lowest BCUT2D eigenvalue weighted by Crippen LogP contribution is -2.07. The number of thiazole rings is 1. The number of thiophene rings is 1. The van der Waals surface area contributed by atoms with Crippen LogP contribution in [0.4, 0.5) is 0 Å². The minimum Gasteiger partial charge on any atom is -0.478 e. The molecule has 0 saturated carbocycles. The van der Waals surface area contributed by atoms with Crippen molar-refractivity contribution in [2.75, 3.05) is 7.11 Å². The minimum atomic E-state index is -0.902. The molecule has 1 N–H and O–H groups in total. The van der Waals surface area contributed by atoms with Crippen molar-refractivity contribution in [2.24, 2.45) is 0 Å². The van der Waals surface area contributed by atoms with Gasteiger partial charge in [-0.1, -0.05) is 0 Å². The molecule has 2 heterocycles. The fourth-order valence-corrected chi connectivity index (χ4v) is 3.26. The van der Waals surface area contributed by atoms with Crippen LogP contribution in [0.2, 0.25) is 0 Å². The topological polar surface area (TPSA) is 59.4 Å². The second-order valence-corrected chi connectivity index (χ2v) is 5.74. The van der Waals surface area contributed by atoms with Gasteiger partial charge in [0, 0.05) is 24.3 Å². The van der Waals surface area contributed by atoms with Crippen LogP contribution in [-0.2, 0) is 11.2 Å². The summed E-state index contributed by atoms with van der Waals surface area (Å²) in [5, 5.41) is 13.5. The van der Waals surface area contributed by atoms with Gasteiger partial charge in [0.2, 0.25) is 0 Å². The molecule has 4 nitrogen and oxygen atoms in total. The number of aromatic carboxylic acids is 1. The number of carboxylic acids is 1. The highest BCUT2D eigenvalue weighted by Crippen LogP contribution is 2.28. The van der Waals surface area contributed by atoms with Crippen LogP contribution >= 0.6 is 22.7 Å². The van der Waals surface area contributed by atoms with Gasteiger partial charge in [0.25, 0.3) is 0 Å². The maximum Gasteiger partial charge on any atom is 0.336 e. The Bertz CT molecular complexity index is 547. The molecule has 1 atom stereocenters. The lowest BCUT2D eigenvalue weighted by molar-refractivity contribution is 0.0697. The van der Waals surface area contributed by atoms with Gasteiger partial charge >= 0.3 is 5.97 Å². The van der Waals surface area contributed by atoms with Gasteiger partial charge in [0.05, 0.1) is 27.2 Å². The molecule has 0 aliphatic rings. The Balaban J connectivity index is 2.16. The lowest BCUT2D eigenvalue weighted by atomic mass is 10.3. The van der Waals surface area contributed by atoms with Gasteiger partial charge < -0.3 is 9.84 Å². The van der Waals surface area contributed by atoms with Crippen molar-refractivity contribution in [3.05, 3.63) is 27.4 Å². The van der Waals surface area contributed by atoms with Crippen LogP contribution in [0.3, 0.4) is 0 Å². The normalized spacial score (nSPS) is 12.6. The molecular weight excluding hydrogens is 270 g/mol. The predicted molar refractivity (Wildman–Crippen MR) is 72.6 cm³/mol. The van der Waals surface area contributed by atoms with Crippen LogP contribution in [0.5, 0.6) is 0 Å². The van der Waals surface area contributed by atoms with Crippen LogP contribution in [0.25, 0.3) is 10.6 Å². The number of carboxylic acid groups (broad SMARTS) is 1. The van der Waals surface area contributed by atoms with Gasteiger partial charge in [-0.15, -0.1) is 22.7 Å². The second-order valence-electron chi connectivity index (χ2n) is 3.88. The Hall–Kier alpha value is -1.24. The van der Waals surface area contributed by atoms with Crippen molar-refractivity contribution < 1.29 is 14.6 Å². The van der Waals surface area contributed by atoms with Crippen molar-refractivity contribution in [2.45, 2.75) is 19.4 Å². The Labute approximate surface area is 113 Å². The second kappa shape index (κ2) is 5.60. The fourth-order valence-electron chi connectivity index (χ4n) is 1.43. The molecule has 2 rings (SSSR count). The first kappa shape index (κ1) is 13.2. The molecule has 0 amide bonds. The highest BCUT2D eigenvalue weighted by atomic mass is 32.1. The summed E-state index contributed by atoms with van der Waals surface area (Å²) >= 11 is 2.97. The zero-order valence-corrected chi connectivity index (χ0v) is 11.7. The average Bonchev–Trinajstić information content (AvgIpc) is 2.96. The predicted octanol–water partition coefficient (Wildman–Crippen LogP) is 3.15. The highest BCUT2D eigenvalue weighted by Gasteiger charge is 2.12. The van der Waals surface area contributed by atoms with E-state index in [1.807, 2.05) is 12.3 Å². The largest absolute Gasteiger partial charge is 0.478 e. The maximum atomic E-state index is 10.8. The molecule has 2 aromatic heterocycles. The van der Waals surface area contributed by atoms with Gasteiger partial charge in [-0.2, -0.15) is 0 Å². The number of methoxy groups -OCH3 is 1. The average molecular weight is 283 g/mol. The lowest BCUT2D eigenvalue weighted by Gasteiger charge is -2.05. The van der Waals surface area contributed by atoms with E-state index in [4.69, 9.17) is 9.84 Å². The number of ether oxygens (including phenoxy) is 1. The Kier molecular flexibility index (Phi) is 4.11. The summed E-state index contributed by atoms with van der Waals surface area (Å²) in [5.41, 5.74) is 1.16. The first-order valence-electron chi connectivity index (χ1n) is 5.39. The molecule has 0 aliphatic heterocycles. The van der Waals surface area contributed by atoms with Crippen LogP contribution in [0.1, 0.15) is 22.3 Å². The Morgan fingerprint density at radius 3 is 2.89 bits per heavy atom. The molecular formula is C12H13NO3S2. The SMILES string of the molecule is COC(C)Cc1nc(-c2cc(C(=O)O)cs2)cs1. The number of aromatic nitrogens is 1. The number of nitrogens with zero attached hydrogens (tertiary/aromatic N) is 1. The molecule has 96 valence electrons. The molecule has 0 bridgehead atoms. The summed E-state index contributed by atoms with van der Waals surface area (Å²) in [6.45, 7) is 1.99. The Morgan fingerprint density at radius 2 is 2.28 bits per heavy atom. The monoisotopic (exact) mass is 283 g/mol. The summed E-state index contributed by atoms with van der Waals surface area (Å²) in [7, 11) is 1.68. The molecule has 1 unspecified atom stereocenters. The summed E-state index contributed by atoms with van der Waals surface area (Å²) in [6, 6.07) is 1.66. The van der Waals surface area contributed by atoms with E-state index >= 15 is 0 Å². The van der Waals surface area contributed by atoms with Crippen LogP contribution in [0.15, 0.2) is 16.8 Å². The fraction of sp³-hybridized carbons (Fsp3) is 0.333. The molecule has 6 heteroatoms. The van der Waals surface area contributed by atoms with E-state index in [1.54, 1.807) is 29.9 Å². The van der Waals surface area contributed by atoms with Crippen molar-refractivity contribution >= 4 is 28.6 Å². The van der Waals surface area contributed by atoms with E-state index in [9.17, 15) is 4.79 Å². The summed E-state index contributed by atoms with van der Waals surface area (Å²) in [5.74, 6) is -0.902. The van der Waals surface area contributed by atoms with Gasteiger partial charge in [0.1, 0.15) is 0 Å². The number of hydrogen-bond donors (Lipinski definition) is 1. The van der Waals surface area contributed by atoms with E-state index in [-0.39, 0.29) is 6.10 Å². The van der Waals surface area contributed by atoms with Crippen molar-refractivity contribution in [1.82, 2.24) is 4.98 Å². The molecule has 0 saturated heterocycles. The zero-order valence-electron chi connectivity index (χ0n) is 10.0. The van der Waals surface area contributed by atoms with Gasteiger partial charge in [-0.3, -0.25) is 0 Å². The third-order valence-corrected chi connectivity index (χ3v) is 4.34. The van der Waals surface area contributed by atoms with E-state index in [0.29, 0.717) is 5.56 Å². The Morgan fingerprint density at radius 1 is 1.50 bits per heavy atom. The molecule has 0 fully saturated rings. The highest BCUT2D eigenvalue weighted by molar-refractivity contribution is 7.14. The third kappa shape index (κ3) is 2.95. The molecule has 0 aliphatic carbocycles. The summed E-state index contributed by atoms with van der Waals surface area (Å²) in [6.07, 6.45) is 0.917. The molecule has 2 aromatic rings. The molecule has 0 spiro atoms. The summed E-state index contributed by atoms with van der Waals surface area (Å²) < 4.78 is 5.20. The van der Waals surface area contributed by atoms with E-state index < -0.39 is 5.97 Å². The minimum absolute atomic E-state index is 0.141. The standard InChI is InChI=1S/C12H13NO3S2/c1-7(16-2)3-11-13-9(6-18-11)10-4-8(5-17-10)12(14)15/h4-7H,3H2,1-2H3,(H,14,15). The van der Waals surface area contributed by atoms with E-state index in [1.165, 1.54) is 11.3 Å². The molecule has 0 aromatic carbocycles. The molecule has 18 heavy (non-hydrogen) atoms.